The van der Waals surface area contributed by atoms with Gasteiger partial charge in [-0.2, -0.15) is 0 Å². The van der Waals surface area contributed by atoms with Gasteiger partial charge in [0.25, 0.3) is 0 Å². The van der Waals surface area contributed by atoms with Crippen molar-refractivity contribution in [3.8, 4) is 0 Å². The molecule has 3 heterocycles. The lowest BCUT2D eigenvalue weighted by Crippen LogP contribution is -2.59. The quantitative estimate of drug-likeness (QED) is 0.814. The molecule has 2 saturated heterocycles. The van der Waals surface area contributed by atoms with Crippen molar-refractivity contribution in [2.24, 2.45) is 0 Å². The fourth-order valence-electron chi connectivity index (χ4n) is 4.99. The molecule has 2 N–H and O–H groups in total. The van der Waals surface area contributed by atoms with E-state index in [1.807, 2.05) is 0 Å². The molecule has 3 atom stereocenters. The van der Waals surface area contributed by atoms with Crippen LogP contribution < -0.4 is 15.1 Å². The molecule has 0 spiro atoms. The molecule has 1 unspecified atom stereocenters. The zero-order valence-electron chi connectivity index (χ0n) is 13.2. The fraction of sp³-hybridized carbons (Fsp3) is 0.667. The Morgan fingerprint density at radius 1 is 1.10 bits per heavy atom. The lowest BCUT2D eigenvalue weighted by molar-refractivity contribution is 0.203. The molecule has 3 nitrogen and oxygen atoms in total. The van der Waals surface area contributed by atoms with Crippen LogP contribution in [0, 0.1) is 0 Å². The Labute approximate surface area is 128 Å². The SMILES string of the molecule is C[C@H]1CCC[N+]1(c1ccc2c(c1)CNCC2)[C@H]1CCNC1. The van der Waals surface area contributed by atoms with Crippen molar-refractivity contribution in [1.29, 1.82) is 0 Å². The number of hydrogen-bond acceptors (Lipinski definition) is 2. The van der Waals surface area contributed by atoms with E-state index in [0.29, 0.717) is 0 Å². The Morgan fingerprint density at radius 3 is 2.81 bits per heavy atom. The molecule has 0 aromatic heterocycles. The first-order chi connectivity index (χ1) is 10.3. The van der Waals surface area contributed by atoms with Crippen molar-refractivity contribution in [3.63, 3.8) is 0 Å². The van der Waals surface area contributed by atoms with Gasteiger partial charge in [0.15, 0.2) is 0 Å². The van der Waals surface area contributed by atoms with Gasteiger partial charge in [0, 0.05) is 45.0 Å². The summed E-state index contributed by atoms with van der Waals surface area (Å²) in [7, 11) is 0. The van der Waals surface area contributed by atoms with E-state index >= 15 is 0 Å². The summed E-state index contributed by atoms with van der Waals surface area (Å²) in [6.07, 6.45) is 5.29. The van der Waals surface area contributed by atoms with E-state index in [1.165, 1.54) is 49.8 Å². The zero-order valence-corrected chi connectivity index (χ0v) is 13.2. The lowest BCUT2D eigenvalue weighted by Gasteiger charge is -2.43. The van der Waals surface area contributed by atoms with Crippen molar-refractivity contribution >= 4 is 5.69 Å². The molecule has 1 aromatic carbocycles. The molecule has 3 heteroatoms. The summed E-state index contributed by atoms with van der Waals surface area (Å²) in [5.41, 5.74) is 4.68. The third kappa shape index (κ3) is 2.14. The Balaban J connectivity index is 1.76. The number of nitrogens with one attached hydrogen (secondary N) is 2. The minimum absolute atomic E-state index is 0.768. The highest BCUT2D eigenvalue weighted by atomic mass is 15.4. The van der Waals surface area contributed by atoms with Gasteiger partial charge < -0.3 is 10.6 Å². The summed E-state index contributed by atoms with van der Waals surface area (Å²) in [5.74, 6) is 0. The van der Waals surface area contributed by atoms with Gasteiger partial charge in [-0.3, -0.25) is 4.48 Å². The van der Waals surface area contributed by atoms with Crippen LogP contribution >= 0.6 is 0 Å². The average Bonchev–Trinajstić information content (AvgIpc) is 3.17. The van der Waals surface area contributed by atoms with Crippen molar-refractivity contribution in [2.75, 3.05) is 26.2 Å². The van der Waals surface area contributed by atoms with Gasteiger partial charge in [0.05, 0.1) is 12.6 Å². The highest BCUT2D eigenvalue weighted by Crippen LogP contribution is 2.40. The van der Waals surface area contributed by atoms with E-state index in [0.717, 1.165) is 25.2 Å². The first-order valence-electron chi connectivity index (χ1n) is 8.72. The van der Waals surface area contributed by atoms with Crippen LogP contribution in [0.2, 0.25) is 0 Å². The first-order valence-corrected chi connectivity index (χ1v) is 8.72. The molecule has 21 heavy (non-hydrogen) atoms. The molecule has 0 bridgehead atoms. The summed E-state index contributed by atoms with van der Waals surface area (Å²) in [4.78, 5) is 0. The number of likely N-dealkylation sites (tertiary alicyclic amines) is 1. The molecular formula is C18H28N3+. The second-order valence-corrected chi connectivity index (χ2v) is 7.17. The predicted octanol–water partition coefficient (Wildman–Crippen LogP) is 2.18. The standard InChI is InChI=1S/C18H28N3/c1-14-3-2-10-21(14,18-7-9-20-13-18)17-5-4-15-6-8-19-12-16(15)11-17/h4-5,11,14,18-20H,2-3,6-10,12-13H2,1H3/q+1/t14-,18-,21?/m0/s1. The third-order valence-corrected chi connectivity index (χ3v) is 6.18. The zero-order chi connectivity index (χ0) is 14.3. The van der Waals surface area contributed by atoms with Crippen LogP contribution in [0.25, 0.3) is 0 Å². The van der Waals surface area contributed by atoms with E-state index in [2.05, 4.69) is 35.8 Å². The number of quaternary nitrogens is 1. The largest absolute Gasteiger partial charge is 0.312 e. The maximum absolute atomic E-state index is 3.60. The van der Waals surface area contributed by atoms with E-state index in [1.54, 1.807) is 16.8 Å². The molecule has 2 fully saturated rings. The van der Waals surface area contributed by atoms with E-state index in [4.69, 9.17) is 0 Å². The molecule has 0 aliphatic carbocycles. The van der Waals surface area contributed by atoms with Crippen molar-refractivity contribution in [3.05, 3.63) is 29.3 Å². The van der Waals surface area contributed by atoms with Gasteiger partial charge >= 0.3 is 0 Å². The van der Waals surface area contributed by atoms with Crippen LogP contribution in [-0.4, -0.2) is 38.3 Å². The smallest absolute Gasteiger partial charge is 0.133 e. The average molecular weight is 286 g/mol. The fourth-order valence-corrected chi connectivity index (χ4v) is 4.99. The van der Waals surface area contributed by atoms with Gasteiger partial charge in [0.2, 0.25) is 0 Å². The van der Waals surface area contributed by atoms with E-state index in [-0.39, 0.29) is 0 Å². The molecule has 0 amide bonds. The Kier molecular flexibility index (Phi) is 3.52. The van der Waals surface area contributed by atoms with Crippen molar-refractivity contribution in [2.45, 2.75) is 51.2 Å². The number of hydrogen-bond donors (Lipinski definition) is 2. The summed E-state index contributed by atoms with van der Waals surface area (Å²) in [5, 5.41) is 7.13. The molecule has 3 aliphatic heterocycles. The summed E-state index contributed by atoms with van der Waals surface area (Å²) < 4.78 is 1.24. The van der Waals surface area contributed by atoms with Crippen LogP contribution in [0.5, 0.6) is 0 Å². The summed E-state index contributed by atoms with van der Waals surface area (Å²) >= 11 is 0. The van der Waals surface area contributed by atoms with Crippen LogP contribution in [0.4, 0.5) is 5.69 Å². The normalized spacial score (nSPS) is 35.9. The topological polar surface area (TPSA) is 24.1 Å². The molecule has 0 radical (unpaired) electrons. The summed E-state index contributed by atoms with van der Waals surface area (Å²) in [6.45, 7) is 8.39. The molecule has 114 valence electrons. The van der Waals surface area contributed by atoms with Gasteiger partial charge in [-0.05, 0) is 37.1 Å². The molecule has 0 saturated carbocycles. The predicted molar refractivity (Wildman–Crippen MR) is 88.5 cm³/mol. The second kappa shape index (κ2) is 5.38. The van der Waals surface area contributed by atoms with E-state index < -0.39 is 0 Å². The third-order valence-electron chi connectivity index (χ3n) is 6.18. The van der Waals surface area contributed by atoms with Crippen LogP contribution in [0.15, 0.2) is 18.2 Å². The molecule has 4 rings (SSSR count). The van der Waals surface area contributed by atoms with Crippen LogP contribution in [0.3, 0.4) is 0 Å². The van der Waals surface area contributed by atoms with Gasteiger partial charge in [-0.1, -0.05) is 6.07 Å². The van der Waals surface area contributed by atoms with Gasteiger partial charge in [-0.15, -0.1) is 0 Å². The maximum Gasteiger partial charge on any atom is 0.133 e. The first kappa shape index (κ1) is 13.7. The van der Waals surface area contributed by atoms with E-state index in [9.17, 15) is 0 Å². The Morgan fingerprint density at radius 2 is 2.05 bits per heavy atom. The molecule has 1 aromatic rings. The van der Waals surface area contributed by atoms with Crippen LogP contribution in [0.1, 0.15) is 37.3 Å². The number of fused-ring (bicyclic) bond motifs is 1. The van der Waals surface area contributed by atoms with Crippen molar-refractivity contribution in [1.82, 2.24) is 15.1 Å². The van der Waals surface area contributed by atoms with Gasteiger partial charge in [0.1, 0.15) is 11.7 Å². The Bertz CT molecular complexity index is 521. The maximum atomic E-state index is 3.60. The number of nitrogens with zero attached hydrogens (tertiary/aromatic N) is 1. The Hall–Kier alpha value is -0.900. The lowest BCUT2D eigenvalue weighted by atomic mass is 9.97. The monoisotopic (exact) mass is 286 g/mol. The van der Waals surface area contributed by atoms with Crippen molar-refractivity contribution < 1.29 is 0 Å². The second-order valence-electron chi connectivity index (χ2n) is 7.17. The molecule has 3 aliphatic rings. The highest BCUT2D eigenvalue weighted by Gasteiger charge is 2.48. The minimum Gasteiger partial charge on any atom is -0.312 e. The number of benzene rings is 1. The van der Waals surface area contributed by atoms with Gasteiger partial charge in [-0.25, -0.2) is 0 Å². The molecular weight excluding hydrogens is 258 g/mol. The van der Waals surface area contributed by atoms with Crippen LogP contribution in [-0.2, 0) is 13.0 Å². The number of rotatable bonds is 2. The summed E-state index contributed by atoms with van der Waals surface area (Å²) in [6, 6.07) is 8.94. The minimum atomic E-state index is 0.768. The highest BCUT2D eigenvalue weighted by molar-refractivity contribution is 5.51.